The average Bonchev–Trinajstić information content (AvgIpc) is 2.55. The zero-order valence-corrected chi connectivity index (χ0v) is 8.91. The van der Waals surface area contributed by atoms with Crippen molar-refractivity contribution in [2.45, 2.75) is 38.8 Å². The van der Waals surface area contributed by atoms with Gasteiger partial charge in [0.15, 0.2) is 0 Å². The van der Waals surface area contributed by atoms with Crippen molar-refractivity contribution < 1.29 is 14.3 Å². The molecule has 1 rings (SSSR count). The van der Waals surface area contributed by atoms with Crippen LogP contribution in [-0.4, -0.2) is 37.9 Å². The van der Waals surface area contributed by atoms with Crippen LogP contribution in [0.15, 0.2) is 0 Å². The highest BCUT2D eigenvalue weighted by Gasteiger charge is 2.15. The predicted octanol–water partition coefficient (Wildman–Crippen LogP) is 0.707. The summed E-state index contributed by atoms with van der Waals surface area (Å²) < 4.78 is 10.6. The number of hydrogen-bond donors (Lipinski definition) is 1. The normalized spacial score (nSPS) is 21.5. The maximum absolute atomic E-state index is 11.2. The molecule has 0 aromatic carbocycles. The molecule has 14 heavy (non-hydrogen) atoms. The summed E-state index contributed by atoms with van der Waals surface area (Å²) in [6.45, 7) is 5.35. The summed E-state index contributed by atoms with van der Waals surface area (Å²) in [6.07, 6.45) is 2.35. The fraction of sp³-hybridized carbons (Fsp3) is 0.900. The number of rotatable bonds is 5. The SMILES string of the molecule is CC(C)NC(=O)COCC1CCCO1. The Bertz CT molecular complexity index is 176. The number of carbonyl (C=O) groups excluding carboxylic acids is 1. The molecule has 0 bridgehead atoms. The summed E-state index contributed by atoms with van der Waals surface area (Å²) in [5.74, 6) is -0.0574. The molecule has 82 valence electrons. The smallest absolute Gasteiger partial charge is 0.246 e. The van der Waals surface area contributed by atoms with Crippen molar-refractivity contribution in [3.8, 4) is 0 Å². The molecule has 1 aliphatic rings. The third kappa shape index (κ3) is 4.58. The molecule has 0 aliphatic carbocycles. The number of amides is 1. The van der Waals surface area contributed by atoms with Gasteiger partial charge in [-0.3, -0.25) is 4.79 Å². The van der Waals surface area contributed by atoms with Crippen LogP contribution in [0.25, 0.3) is 0 Å². The highest BCUT2D eigenvalue weighted by atomic mass is 16.5. The Morgan fingerprint density at radius 3 is 3.00 bits per heavy atom. The first-order chi connectivity index (χ1) is 6.68. The van der Waals surface area contributed by atoms with E-state index < -0.39 is 0 Å². The maximum Gasteiger partial charge on any atom is 0.246 e. The van der Waals surface area contributed by atoms with Crippen molar-refractivity contribution >= 4 is 5.91 Å². The number of carbonyl (C=O) groups is 1. The lowest BCUT2D eigenvalue weighted by molar-refractivity contribution is -0.127. The molecule has 1 aliphatic heterocycles. The van der Waals surface area contributed by atoms with E-state index in [1.165, 1.54) is 0 Å². The molecular weight excluding hydrogens is 182 g/mol. The monoisotopic (exact) mass is 201 g/mol. The van der Waals surface area contributed by atoms with Crippen LogP contribution in [0.2, 0.25) is 0 Å². The zero-order chi connectivity index (χ0) is 10.4. The molecule has 1 atom stereocenters. The van der Waals surface area contributed by atoms with Crippen molar-refractivity contribution in [1.82, 2.24) is 5.32 Å². The lowest BCUT2D eigenvalue weighted by Gasteiger charge is -2.11. The second-order valence-electron chi connectivity index (χ2n) is 3.87. The number of hydrogen-bond acceptors (Lipinski definition) is 3. The summed E-state index contributed by atoms with van der Waals surface area (Å²) in [6, 6.07) is 0.175. The first-order valence-corrected chi connectivity index (χ1v) is 5.17. The number of nitrogens with one attached hydrogen (secondary N) is 1. The van der Waals surface area contributed by atoms with Crippen molar-refractivity contribution in [3.63, 3.8) is 0 Å². The van der Waals surface area contributed by atoms with Gasteiger partial charge < -0.3 is 14.8 Å². The molecule has 0 aromatic heterocycles. The van der Waals surface area contributed by atoms with E-state index in [1.807, 2.05) is 13.8 Å². The van der Waals surface area contributed by atoms with Gasteiger partial charge in [0.2, 0.25) is 5.91 Å². The minimum atomic E-state index is -0.0574. The van der Waals surface area contributed by atoms with E-state index in [-0.39, 0.29) is 24.7 Å². The van der Waals surface area contributed by atoms with E-state index >= 15 is 0 Å². The van der Waals surface area contributed by atoms with Gasteiger partial charge in [-0.15, -0.1) is 0 Å². The van der Waals surface area contributed by atoms with Gasteiger partial charge in [-0.05, 0) is 26.7 Å². The lowest BCUT2D eigenvalue weighted by Crippen LogP contribution is -2.34. The molecule has 4 nitrogen and oxygen atoms in total. The lowest BCUT2D eigenvalue weighted by atomic mass is 10.2. The van der Waals surface area contributed by atoms with Crippen molar-refractivity contribution in [3.05, 3.63) is 0 Å². The topological polar surface area (TPSA) is 47.6 Å². The molecule has 1 unspecified atom stereocenters. The van der Waals surface area contributed by atoms with Gasteiger partial charge in [0.1, 0.15) is 6.61 Å². The Balaban J connectivity index is 1.99. The first-order valence-electron chi connectivity index (χ1n) is 5.17. The Morgan fingerprint density at radius 1 is 1.64 bits per heavy atom. The Morgan fingerprint density at radius 2 is 2.43 bits per heavy atom. The standard InChI is InChI=1S/C10H19NO3/c1-8(2)11-10(12)7-13-6-9-4-3-5-14-9/h8-9H,3-7H2,1-2H3,(H,11,12). The van der Waals surface area contributed by atoms with E-state index in [1.54, 1.807) is 0 Å². The fourth-order valence-electron chi connectivity index (χ4n) is 1.42. The van der Waals surface area contributed by atoms with Crippen LogP contribution in [0.4, 0.5) is 0 Å². The predicted molar refractivity (Wildman–Crippen MR) is 53.1 cm³/mol. The highest BCUT2D eigenvalue weighted by Crippen LogP contribution is 2.11. The van der Waals surface area contributed by atoms with Crippen LogP contribution in [0.1, 0.15) is 26.7 Å². The van der Waals surface area contributed by atoms with Crippen LogP contribution >= 0.6 is 0 Å². The van der Waals surface area contributed by atoms with Gasteiger partial charge in [-0.25, -0.2) is 0 Å². The van der Waals surface area contributed by atoms with E-state index in [2.05, 4.69) is 5.32 Å². The fourth-order valence-corrected chi connectivity index (χ4v) is 1.42. The van der Waals surface area contributed by atoms with Crippen LogP contribution < -0.4 is 5.32 Å². The Hall–Kier alpha value is -0.610. The largest absolute Gasteiger partial charge is 0.376 e. The third-order valence-electron chi connectivity index (χ3n) is 2.01. The third-order valence-corrected chi connectivity index (χ3v) is 2.01. The molecule has 0 spiro atoms. The summed E-state index contributed by atoms with van der Waals surface area (Å²) in [5.41, 5.74) is 0. The van der Waals surface area contributed by atoms with Crippen molar-refractivity contribution in [1.29, 1.82) is 0 Å². The van der Waals surface area contributed by atoms with Gasteiger partial charge in [0, 0.05) is 12.6 Å². The second kappa shape index (κ2) is 5.98. The van der Waals surface area contributed by atoms with Crippen molar-refractivity contribution in [2.75, 3.05) is 19.8 Å². The second-order valence-corrected chi connectivity index (χ2v) is 3.87. The molecule has 1 amide bonds. The molecule has 1 saturated heterocycles. The molecule has 0 saturated carbocycles. The van der Waals surface area contributed by atoms with E-state index in [4.69, 9.17) is 9.47 Å². The molecule has 4 heteroatoms. The maximum atomic E-state index is 11.2. The summed E-state index contributed by atoms with van der Waals surface area (Å²) in [4.78, 5) is 11.2. The van der Waals surface area contributed by atoms with Gasteiger partial charge in [0.25, 0.3) is 0 Å². The molecule has 0 aromatic rings. The van der Waals surface area contributed by atoms with Gasteiger partial charge in [-0.2, -0.15) is 0 Å². The average molecular weight is 201 g/mol. The Kier molecular flexibility index (Phi) is 4.90. The molecule has 0 radical (unpaired) electrons. The van der Waals surface area contributed by atoms with Crippen LogP contribution in [-0.2, 0) is 14.3 Å². The van der Waals surface area contributed by atoms with Gasteiger partial charge >= 0.3 is 0 Å². The van der Waals surface area contributed by atoms with Gasteiger partial charge in [-0.1, -0.05) is 0 Å². The molecule has 1 fully saturated rings. The summed E-state index contributed by atoms with van der Waals surface area (Å²) in [7, 11) is 0. The van der Waals surface area contributed by atoms with Gasteiger partial charge in [0.05, 0.1) is 12.7 Å². The minimum Gasteiger partial charge on any atom is -0.376 e. The first kappa shape index (κ1) is 11.5. The Labute approximate surface area is 85.0 Å². The van der Waals surface area contributed by atoms with E-state index in [0.717, 1.165) is 19.4 Å². The molecule has 1 N–H and O–H groups in total. The summed E-state index contributed by atoms with van der Waals surface area (Å²) in [5, 5.41) is 2.76. The van der Waals surface area contributed by atoms with E-state index in [9.17, 15) is 4.79 Å². The minimum absolute atomic E-state index is 0.0574. The zero-order valence-electron chi connectivity index (χ0n) is 8.91. The molecule has 1 heterocycles. The van der Waals surface area contributed by atoms with Crippen LogP contribution in [0.5, 0.6) is 0 Å². The van der Waals surface area contributed by atoms with Crippen LogP contribution in [0, 0.1) is 0 Å². The van der Waals surface area contributed by atoms with Crippen molar-refractivity contribution in [2.24, 2.45) is 0 Å². The van der Waals surface area contributed by atoms with Crippen LogP contribution in [0.3, 0.4) is 0 Å². The summed E-state index contributed by atoms with van der Waals surface area (Å²) >= 11 is 0. The number of ether oxygens (including phenoxy) is 2. The molecular formula is C10H19NO3. The van der Waals surface area contributed by atoms with E-state index in [0.29, 0.717) is 6.61 Å². The highest BCUT2D eigenvalue weighted by molar-refractivity contribution is 5.77. The quantitative estimate of drug-likeness (QED) is 0.712.